The molecule has 3 rings (SSSR count). The first-order valence-electron chi connectivity index (χ1n) is 9.99. The van der Waals surface area contributed by atoms with Crippen LogP contribution in [0.1, 0.15) is 24.9 Å². The number of aromatic amines is 2. The largest absolute Gasteiger partial charge is 0.497 e. The van der Waals surface area contributed by atoms with Crippen molar-refractivity contribution in [2.75, 3.05) is 19.0 Å². The van der Waals surface area contributed by atoms with Gasteiger partial charge in [0.2, 0.25) is 17.7 Å². The molecular formula is C22H23N5O6. The van der Waals surface area contributed by atoms with Crippen LogP contribution in [0, 0.1) is 0 Å². The molecule has 0 aliphatic rings. The van der Waals surface area contributed by atoms with Crippen LogP contribution in [-0.4, -0.2) is 41.6 Å². The Labute approximate surface area is 187 Å². The molecule has 3 aromatic rings. The summed E-state index contributed by atoms with van der Waals surface area (Å²) in [7, 11) is 1.53. The van der Waals surface area contributed by atoms with E-state index in [1.165, 1.54) is 32.2 Å². The van der Waals surface area contributed by atoms with Crippen LogP contribution >= 0.6 is 0 Å². The summed E-state index contributed by atoms with van der Waals surface area (Å²) in [5, 5.41) is 12.3. The zero-order valence-corrected chi connectivity index (χ0v) is 18.0. The van der Waals surface area contributed by atoms with Crippen molar-refractivity contribution in [2.24, 2.45) is 0 Å². The number of hydrogen-bond acceptors (Lipinski definition) is 6. The zero-order chi connectivity index (χ0) is 24.0. The van der Waals surface area contributed by atoms with Crippen LogP contribution < -0.4 is 31.8 Å². The molecule has 0 bridgehead atoms. The van der Waals surface area contributed by atoms with Crippen molar-refractivity contribution in [3.05, 3.63) is 68.7 Å². The van der Waals surface area contributed by atoms with Gasteiger partial charge in [0.25, 0.3) is 11.1 Å². The summed E-state index contributed by atoms with van der Waals surface area (Å²) < 4.78 is 5.11. The van der Waals surface area contributed by atoms with Crippen molar-refractivity contribution in [2.45, 2.75) is 19.4 Å². The minimum atomic E-state index is -0.597. The van der Waals surface area contributed by atoms with E-state index in [1.807, 2.05) is 0 Å². The fraction of sp³-hybridized carbons (Fsp3) is 0.227. The van der Waals surface area contributed by atoms with E-state index >= 15 is 0 Å². The highest BCUT2D eigenvalue weighted by atomic mass is 16.5. The first kappa shape index (κ1) is 23.3. The van der Waals surface area contributed by atoms with Crippen LogP contribution in [-0.2, 0) is 14.4 Å². The van der Waals surface area contributed by atoms with Gasteiger partial charge in [-0.2, -0.15) is 0 Å². The molecule has 11 heteroatoms. The number of methoxy groups -OCH3 is 1. The van der Waals surface area contributed by atoms with Gasteiger partial charge in [-0.15, -0.1) is 0 Å². The number of hydrogen-bond donors (Lipinski definition) is 5. The normalized spacial score (nSPS) is 11.5. The summed E-state index contributed by atoms with van der Waals surface area (Å²) in [6.07, 6.45) is -0.0947. The third kappa shape index (κ3) is 5.85. The lowest BCUT2D eigenvalue weighted by molar-refractivity contribution is -0.125. The van der Waals surface area contributed by atoms with Gasteiger partial charge in [0.1, 0.15) is 5.75 Å². The third-order valence-corrected chi connectivity index (χ3v) is 4.83. The van der Waals surface area contributed by atoms with Gasteiger partial charge in [-0.25, -0.2) is 0 Å². The Hall–Kier alpha value is -4.41. The molecule has 0 radical (unpaired) electrons. The van der Waals surface area contributed by atoms with Crippen LogP contribution in [0.5, 0.6) is 5.75 Å². The molecule has 1 unspecified atom stereocenters. The number of anilines is 1. The number of rotatable bonds is 8. The van der Waals surface area contributed by atoms with Gasteiger partial charge in [-0.1, -0.05) is 18.2 Å². The van der Waals surface area contributed by atoms with E-state index in [1.54, 1.807) is 24.3 Å². The Morgan fingerprint density at radius 1 is 0.970 bits per heavy atom. The number of nitrogens with one attached hydrogen (secondary N) is 5. The number of carbonyl (C=O) groups excluding carboxylic acids is 3. The Morgan fingerprint density at radius 3 is 2.33 bits per heavy atom. The third-order valence-electron chi connectivity index (χ3n) is 4.83. The SMILES string of the molecule is COc1ccc(C(CC(=O)NCC(=O)Nc2cccc3c(=O)[nH][nH]c(=O)c23)NC(C)=O)cc1. The first-order chi connectivity index (χ1) is 15.8. The van der Waals surface area contributed by atoms with Gasteiger partial charge in [0.05, 0.1) is 42.6 Å². The summed E-state index contributed by atoms with van der Waals surface area (Å²) in [6.45, 7) is 0.977. The second kappa shape index (κ2) is 10.3. The quantitative estimate of drug-likeness (QED) is 0.334. The van der Waals surface area contributed by atoms with Crippen molar-refractivity contribution in [3.63, 3.8) is 0 Å². The fourth-order valence-corrected chi connectivity index (χ4v) is 3.30. The van der Waals surface area contributed by atoms with E-state index < -0.39 is 29.0 Å². The molecule has 0 aliphatic carbocycles. The molecule has 0 fully saturated rings. The number of H-pyrrole nitrogens is 2. The predicted molar refractivity (Wildman–Crippen MR) is 121 cm³/mol. The van der Waals surface area contributed by atoms with Crippen molar-refractivity contribution in [1.82, 2.24) is 20.8 Å². The van der Waals surface area contributed by atoms with Gasteiger partial charge in [-0.05, 0) is 29.8 Å². The van der Waals surface area contributed by atoms with Gasteiger partial charge >= 0.3 is 0 Å². The molecule has 5 N–H and O–H groups in total. The second-order valence-corrected chi connectivity index (χ2v) is 7.19. The van der Waals surface area contributed by atoms with Crippen LogP contribution in [0.15, 0.2) is 52.1 Å². The molecule has 0 saturated heterocycles. The highest BCUT2D eigenvalue weighted by Crippen LogP contribution is 2.20. The maximum absolute atomic E-state index is 12.4. The van der Waals surface area contributed by atoms with Crippen molar-refractivity contribution >= 4 is 34.2 Å². The van der Waals surface area contributed by atoms with E-state index in [0.717, 1.165) is 0 Å². The smallest absolute Gasteiger partial charge is 0.272 e. The van der Waals surface area contributed by atoms with Gasteiger partial charge in [0.15, 0.2) is 0 Å². The molecule has 1 atom stereocenters. The molecular weight excluding hydrogens is 430 g/mol. The number of fused-ring (bicyclic) bond motifs is 1. The monoisotopic (exact) mass is 453 g/mol. The van der Waals surface area contributed by atoms with E-state index in [4.69, 9.17) is 4.74 Å². The average molecular weight is 453 g/mol. The van der Waals surface area contributed by atoms with Crippen molar-refractivity contribution in [1.29, 1.82) is 0 Å². The van der Waals surface area contributed by atoms with Crippen LogP contribution in [0.25, 0.3) is 10.8 Å². The first-order valence-corrected chi connectivity index (χ1v) is 9.99. The second-order valence-electron chi connectivity index (χ2n) is 7.19. The van der Waals surface area contributed by atoms with Crippen molar-refractivity contribution in [3.8, 4) is 5.75 Å². The molecule has 0 saturated carbocycles. The fourth-order valence-electron chi connectivity index (χ4n) is 3.30. The summed E-state index contributed by atoms with van der Waals surface area (Å²) in [4.78, 5) is 60.3. The summed E-state index contributed by atoms with van der Waals surface area (Å²) in [6, 6.07) is 10.8. The Bertz CT molecular complexity index is 1300. The van der Waals surface area contributed by atoms with Crippen LogP contribution in [0.2, 0.25) is 0 Å². The van der Waals surface area contributed by atoms with Crippen molar-refractivity contribution < 1.29 is 19.1 Å². The molecule has 0 aliphatic heterocycles. The summed E-state index contributed by atoms with van der Waals surface area (Å²) in [5.74, 6) is -0.726. The number of ether oxygens (including phenoxy) is 1. The number of aromatic nitrogens is 2. The molecule has 11 nitrogen and oxygen atoms in total. The maximum Gasteiger partial charge on any atom is 0.272 e. The van der Waals surface area contributed by atoms with E-state index in [-0.39, 0.29) is 35.3 Å². The van der Waals surface area contributed by atoms with E-state index in [9.17, 15) is 24.0 Å². The number of carbonyl (C=O) groups is 3. The average Bonchev–Trinajstić information content (AvgIpc) is 2.79. The van der Waals surface area contributed by atoms with E-state index in [2.05, 4.69) is 26.1 Å². The Morgan fingerprint density at radius 2 is 1.67 bits per heavy atom. The molecule has 33 heavy (non-hydrogen) atoms. The highest BCUT2D eigenvalue weighted by molar-refractivity contribution is 6.02. The molecule has 1 heterocycles. The number of amides is 3. The zero-order valence-electron chi connectivity index (χ0n) is 18.0. The lowest BCUT2D eigenvalue weighted by Gasteiger charge is -2.18. The Kier molecular flexibility index (Phi) is 7.24. The predicted octanol–water partition coefficient (Wildman–Crippen LogP) is 0.547. The van der Waals surface area contributed by atoms with Gasteiger partial charge < -0.3 is 20.7 Å². The van der Waals surface area contributed by atoms with Crippen LogP contribution in [0.4, 0.5) is 5.69 Å². The maximum atomic E-state index is 12.4. The lowest BCUT2D eigenvalue weighted by atomic mass is 10.0. The molecule has 172 valence electrons. The van der Waals surface area contributed by atoms with Gasteiger partial charge in [-0.3, -0.25) is 34.2 Å². The molecule has 2 aromatic carbocycles. The lowest BCUT2D eigenvalue weighted by Crippen LogP contribution is -2.36. The summed E-state index contributed by atoms with van der Waals surface area (Å²) >= 11 is 0. The summed E-state index contributed by atoms with van der Waals surface area (Å²) in [5.41, 5.74) is -0.224. The highest BCUT2D eigenvalue weighted by Gasteiger charge is 2.18. The minimum Gasteiger partial charge on any atom is -0.497 e. The molecule has 0 spiro atoms. The molecule has 1 aromatic heterocycles. The number of benzene rings is 2. The van der Waals surface area contributed by atoms with E-state index in [0.29, 0.717) is 11.3 Å². The molecule has 3 amide bonds. The standard InChI is InChI=1S/C22H23N5O6/c1-12(28)24-17(13-6-8-14(33-2)9-7-13)10-18(29)23-11-19(30)25-16-5-3-4-15-20(16)22(32)27-26-21(15)31/h3-9,17H,10-11H2,1-2H3,(H,23,29)(H,24,28)(H,25,30)(H,26,31)(H,27,32). The minimum absolute atomic E-state index is 0.0335. The topological polar surface area (TPSA) is 162 Å². The van der Waals surface area contributed by atoms with Gasteiger partial charge in [0, 0.05) is 6.92 Å². The Balaban J connectivity index is 1.64. The van der Waals surface area contributed by atoms with Crippen LogP contribution in [0.3, 0.4) is 0 Å².